The van der Waals surface area contributed by atoms with Gasteiger partial charge in [-0.3, -0.25) is 15.0 Å². The number of aromatic nitrogens is 5. The van der Waals surface area contributed by atoms with Crippen molar-refractivity contribution in [1.29, 1.82) is 0 Å². The molecule has 0 radical (unpaired) electrons. The molecule has 0 N–H and O–H groups in total. The fraction of sp³-hybridized carbons (Fsp3) is 0.250. The molecule has 0 aliphatic rings. The third-order valence-corrected chi connectivity index (χ3v) is 4.80. The maximum absolute atomic E-state index is 4.64. The minimum atomic E-state index is 0.840. The van der Waals surface area contributed by atoms with E-state index in [1.807, 2.05) is 42.5 Å². The molecule has 0 aliphatic heterocycles. The first-order chi connectivity index (χ1) is 11.3. The van der Waals surface area contributed by atoms with Crippen molar-refractivity contribution >= 4 is 33.7 Å². The van der Waals surface area contributed by atoms with Crippen LogP contribution in [0, 0.1) is 6.92 Å². The number of hydrogen-bond acceptors (Lipinski definition) is 6. The van der Waals surface area contributed by atoms with Crippen molar-refractivity contribution in [2.24, 2.45) is 0 Å². The van der Waals surface area contributed by atoms with Gasteiger partial charge in [-0.2, -0.15) is 0 Å². The van der Waals surface area contributed by atoms with E-state index in [2.05, 4.69) is 31.4 Å². The van der Waals surface area contributed by atoms with Crippen molar-refractivity contribution in [3.05, 3.63) is 57.5 Å². The van der Waals surface area contributed by atoms with Crippen LogP contribution < -0.4 is 0 Å². The second-order valence-electron chi connectivity index (χ2n) is 4.83. The van der Waals surface area contributed by atoms with Gasteiger partial charge in [0, 0.05) is 41.8 Å². The predicted molar refractivity (Wildman–Crippen MR) is 95.0 cm³/mol. The van der Waals surface area contributed by atoms with Gasteiger partial charge in [0.25, 0.3) is 0 Å². The van der Waals surface area contributed by atoms with Crippen LogP contribution >= 0.6 is 22.7 Å². The van der Waals surface area contributed by atoms with E-state index in [1.54, 1.807) is 28.9 Å². The Morgan fingerprint density at radius 2 is 2.04 bits per heavy atom. The summed E-state index contributed by atoms with van der Waals surface area (Å²) in [6.45, 7) is 5.05. The Kier molecular flexibility index (Phi) is 5.09. The van der Waals surface area contributed by atoms with Crippen LogP contribution in [0.2, 0.25) is 0 Å². The van der Waals surface area contributed by atoms with Crippen molar-refractivity contribution in [2.75, 3.05) is 0 Å². The van der Waals surface area contributed by atoms with E-state index in [1.165, 1.54) is 4.88 Å². The topological polar surface area (TPSA) is 56.5 Å². The third kappa shape index (κ3) is 3.80. The summed E-state index contributed by atoms with van der Waals surface area (Å²) in [5.41, 5.74) is 3.98. The standard InChI is InChI=1S/C12H12N4S.C4H5NS/c1-2-16-11-3-4-13-7-10(11)15-12(16)5-9-6-14-8-17-9;1-4-5-2-3-6-4/h3-4,6-8H,2,5H2,1H3;2-3H,1H3. The molecule has 0 atom stereocenters. The van der Waals surface area contributed by atoms with Crippen LogP contribution in [0.1, 0.15) is 22.6 Å². The highest BCUT2D eigenvalue weighted by atomic mass is 32.1. The lowest BCUT2D eigenvalue weighted by atomic mass is 10.3. The zero-order valence-corrected chi connectivity index (χ0v) is 14.6. The predicted octanol–water partition coefficient (Wildman–Crippen LogP) is 3.95. The second-order valence-corrected chi connectivity index (χ2v) is 6.90. The summed E-state index contributed by atoms with van der Waals surface area (Å²) < 4.78 is 2.23. The van der Waals surface area contributed by atoms with Crippen LogP contribution in [0.3, 0.4) is 0 Å². The van der Waals surface area contributed by atoms with E-state index >= 15 is 0 Å². The first-order valence-corrected chi connectivity index (χ1v) is 9.06. The molecule has 5 nitrogen and oxygen atoms in total. The van der Waals surface area contributed by atoms with Crippen LogP contribution in [0.4, 0.5) is 0 Å². The molecule has 0 aromatic carbocycles. The van der Waals surface area contributed by atoms with E-state index < -0.39 is 0 Å². The van der Waals surface area contributed by atoms with E-state index in [0.29, 0.717) is 0 Å². The minimum absolute atomic E-state index is 0.840. The van der Waals surface area contributed by atoms with E-state index in [4.69, 9.17) is 0 Å². The third-order valence-electron chi connectivity index (χ3n) is 3.32. The number of rotatable bonds is 3. The Balaban J connectivity index is 0.000000220. The van der Waals surface area contributed by atoms with E-state index in [9.17, 15) is 0 Å². The monoisotopic (exact) mass is 343 g/mol. The number of nitrogens with zero attached hydrogens (tertiary/aromatic N) is 5. The molecule has 7 heteroatoms. The Hall–Kier alpha value is -2.12. The molecule has 0 fully saturated rings. The highest BCUT2D eigenvalue weighted by Gasteiger charge is 2.10. The van der Waals surface area contributed by atoms with Gasteiger partial charge in [0.1, 0.15) is 11.3 Å². The lowest BCUT2D eigenvalue weighted by Crippen LogP contribution is -2.01. The summed E-state index contributed by atoms with van der Waals surface area (Å²) >= 11 is 3.33. The molecule has 4 aromatic heterocycles. The number of thiazole rings is 2. The van der Waals surface area contributed by atoms with Gasteiger partial charge in [0.05, 0.1) is 22.2 Å². The SMILES string of the molecule is CCn1c(Cc2cncs2)nc2cnccc21.Cc1nccs1. The molecule has 0 aliphatic carbocycles. The minimum Gasteiger partial charge on any atom is -0.328 e. The first kappa shape index (κ1) is 15.8. The number of pyridine rings is 1. The van der Waals surface area contributed by atoms with Gasteiger partial charge in [-0.25, -0.2) is 4.98 Å². The summed E-state index contributed by atoms with van der Waals surface area (Å²) in [7, 11) is 0. The molecule has 23 heavy (non-hydrogen) atoms. The number of hydrogen-bond donors (Lipinski definition) is 0. The zero-order valence-electron chi connectivity index (χ0n) is 13.0. The number of aryl methyl sites for hydroxylation is 2. The summed E-state index contributed by atoms with van der Waals surface area (Å²) in [4.78, 5) is 18.0. The molecule has 0 saturated carbocycles. The average molecular weight is 343 g/mol. The van der Waals surface area contributed by atoms with Gasteiger partial charge in [-0.05, 0) is 19.9 Å². The van der Waals surface area contributed by atoms with Crippen LogP contribution in [-0.4, -0.2) is 24.5 Å². The fourth-order valence-electron chi connectivity index (χ4n) is 2.30. The van der Waals surface area contributed by atoms with Crippen LogP contribution in [0.25, 0.3) is 11.0 Å². The quantitative estimate of drug-likeness (QED) is 0.565. The highest BCUT2D eigenvalue weighted by molar-refractivity contribution is 7.09. The highest BCUT2D eigenvalue weighted by Crippen LogP contribution is 2.18. The molecule has 0 unspecified atom stereocenters. The Morgan fingerprint density at radius 3 is 2.65 bits per heavy atom. The summed E-state index contributed by atoms with van der Waals surface area (Å²) in [5, 5.41) is 3.10. The summed E-state index contributed by atoms with van der Waals surface area (Å²) in [5.74, 6) is 1.08. The zero-order chi connectivity index (χ0) is 16.1. The fourth-order valence-corrected chi connectivity index (χ4v) is 3.33. The van der Waals surface area contributed by atoms with E-state index in [0.717, 1.165) is 34.8 Å². The largest absolute Gasteiger partial charge is 0.328 e. The van der Waals surface area contributed by atoms with Gasteiger partial charge >= 0.3 is 0 Å². The Morgan fingerprint density at radius 1 is 1.13 bits per heavy atom. The van der Waals surface area contributed by atoms with Crippen LogP contribution in [0.5, 0.6) is 0 Å². The molecule has 0 spiro atoms. The van der Waals surface area contributed by atoms with Gasteiger partial charge in [0.15, 0.2) is 0 Å². The lowest BCUT2D eigenvalue weighted by molar-refractivity contribution is 0.735. The summed E-state index contributed by atoms with van der Waals surface area (Å²) in [6.07, 6.45) is 8.18. The molecule has 0 bridgehead atoms. The van der Waals surface area contributed by atoms with Crippen molar-refractivity contribution in [2.45, 2.75) is 26.8 Å². The lowest BCUT2D eigenvalue weighted by Gasteiger charge is -2.04. The molecule has 0 amide bonds. The molecule has 118 valence electrons. The van der Waals surface area contributed by atoms with Gasteiger partial charge in [-0.15, -0.1) is 22.7 Å². The van der Waals surface area contributed by atoms with Crippen molar-refractivity contribution in [1.82, 2.24) is 24.5 Å². The normalized spacial score (nSPS) is 10.5. The smallest absolute Gasteiger partial charge is 0.115 e. The molecule has 0 saturated heterocycles. The van der Waals surface area contributed by atoms with Gasteiger partial charge in [0.2, 0.25) is 0 Å². The van der Waals surface area contributed by atoms with Crippen LogP contribution in [0.15, 0.2) is 41.7 Å². The second kappa shape index (κ2) is 7.43. The Bertz CT molecular complexity index is 850. The van der Waals surface area contributed by atoms with Crippen LogP contribution in [-0.2, 0) is 13.0 Å². The van der Waals surface area contributed by atoms with Gasteiger partial charge < -0.3 is 4.57 Å². The number of fused-ring (bicyclic) bond motifs is 1. The molecular formula is C16H17N5S2. The van der Waals surface area contributed by atoms with Crippen molar-refractivity contribution in [3.8, 4) is 0 Å². The van der Waals surface area contributed by atoms with Crippen molar-refractivity contribution in [3.63, 3.8) is 0 Å². The maximum Gasteiger partial charge on any atom is 0.115 e. The molecule has 4 rings (SSSR count). The van der Waals surface area contributed by atoms with E-state index in [-0.39, 0.29) is 0 Å². The summed E-state index contributed by atoms with van der Waals surface area (Å²) in [6, 6.07) is 2.02. The number of imidazole rings is 1. The van der Waals surface area contributed by atoms with Gasteiger partial charge in [-0.1, -0.05) is 0 Å². The molecular weight excluding hydrogens is 326 g/mol. The maximum atomic E-state index is 4.64. The average Bonchev–Trinajstić information content (AvgIpc) is 3.29. The molecule has 4 heterocycles. The Labute approximate surface area is 142 Å². The van der Waals surface area contributed by atoms with Crippen molar-refractivity contribution < 1.29 is 0 Å². The first-order valence-electron chi connectivity index (χ1n) is 7.30. The molecule has 4 aromatic rings.